The molecule has 0 aliphatic rings. The van der Waals surface area contributed by atoms with Crippen LogP contribution < -0.4 is 4.74 Å². The molecule has 2 aromatic heterocycles. The normalized spacial score (nSPS) is 11.2. The van der Waals surface area contributed by atoms with Crippen LogP contribution in [0, 0.1) is 13.8 Å². The SMILES string of the molecule is Cc1cc(C)n(-c2nncn2/N=C\c2cccc(Oc3ccc(Cl)cc3)c2)n1. The van der Waals surface area contributed by atoms with Crippen LogP contribution in [0.1, 0.15) is 17.0 Å². The first-order chi connectivity index (χ1) is 13.6. The third kappa shape index (κ3) is 3.94. The number of aromatic nitrogens is 5. The van der Waals surface area contributed by atoms with Gasteiger partial charge < -0.3 is 4.74 Å². The molecule has 4 rings (SSSR count). The van der Waals surface area contributed by atoms with Crippen molar-refractivity contribution in [1.29, 1.82) is 0 Å². The molecule has 28 heavy (non-hydrogen) atoms. The van der Waals surface area contributed by atoms with Crippen molar-refractivity contribution in [3.05, 3.63) is 82.9 Å². The molecule has 0 saturated heterocycles. The smallest absolute Gasteiger partial charge is 0.273 e. The average Bonchev–Trinajstić information content (AvgIpc) is 3.27. The molecule has 2 aromatic carbocycles. The lowest BCUT2D eigenvalue weighted by Gasteiger charge is -2.06. The minimum Gasteiger partial charge on any atom is -0.457 e. The van der Waals surface area contributed by atoms with E-state index in [4.69, 9.17) is 16.3 Å². The Hall–Kier alpha value is -3.45. The number of nitrogens with zero attached hydrogens (tertiary/aromatic N) is 6. The first-order valence-corrected chi connectivity index (χ1v) is 8.98. The van der Waals surface area contributed by atoms with Gasteiger partial charge in [0.25, 0.3) is 5.95 Å². The predicted octanol–water partition coefficient (Wildman–Crippen LogP) is 4.41. The summed E-state index contributed by atoms with van der Waals surface area (Å²) in [4.78, 5) is 0. The second-order valence-corrected chi connectivity index (χ2v) is 6.62. The number of ether oxygens (including phenoxy) is 1. The van der Waals surface area contributed by atoms with Crippen molar-refractivity contribution in [2.45, 2.75) is 13.8 Å². The Labute approximate surface area is 166 Å². The highest BCUT2D eigenvalue weighted by atomic mass is 35.5. The van der Waals surface area contributed by atoms with E-state index in [1.54, 1.807) is 27.7 Å². The van der Waals surface area contributed by atoms with E-state index in [9.17, 15) is 0 Å². The first kappa shape index (κ1) is 17.9. The maximum absolute atomic E-state index is 5.91. The molecule has 0 amide bonds. The summed E-state index contributed by atoms with van der Waals surface area (Å²) in [5.74, 6) is 1.94. The lowest BCUT2D eigenvalue weighted by atomic mass is 10.2. The van der Waals surface area contributed by atoms with Gasteiger partial charge in [-0.3, -0.25) is 0 Å². The number of rotatable bonds is 5. The molecule has 0 bridgehead atoms. The fourth-order valence-electron chi connectivity index (χ4n) is 2.70. The summed E-state index contributed by atoms with van der Waals surface area (Å²) in [6, 6.07) is 16.8. The summed E-state index contributed by atoms with van der Waals surface area (Å²) < 4.78 is 9.14. The molecule has 0 fully saturated rings. The van der Waals surface area contributed by atoms with Crippen LogP contribution in [0.4, 0.5) is 0 Å². The van der Waals surface area contributed by atoms with Crippen LogP contribution in [0.3, 0.4) is 0 Å². The Balaban J connectivity index is 1.55. The van der Waals surface area contributed by atoms with Gasteiger partial charge in [-0.15, -0.1) is 10.2 Å². The first-order valence-electron chi connectivity index (χ1n) is 8.60. The number of benzene rings is 2. The largest absolute Gasteiger partial charge is 0.457 e. The molecule has 8 heteroatoms. The number of hydrogen-bond acceptors (Lipinski definition) is 5. The molecule has 0 spiro atoms. The molecular weight excluding hydrogens is 376 g/mol. The zero-order valence-corrected chi connectivity index (χ0v) is 16.1. The Morgan fingerprint density at radius 3 is 2.61 bits per heavy atom. The highest BCUT2D eigenvalue weighted by molar-refractivity contribution is 6.30. The summed E-state index contributed by atoms with van der Waals surface area (Å²) in [5.41, 5.74) is 2.74. The number of hydrogen-bond donors (Lipinski definition) is 0. The minimum atomic E-state index is 0.524. The van der Waals surface area contributed by atoms with Crippen LogP contribution in [0.25, 0.3) is 5.95 Å². The molecule has 140 valence electrons. The second-order valence-electron chi connectivity index (χ2n) is 6.19. The Morgan fingerprint density at radius 1 is 1.04 bits per heavy atom. The van der Waals surface area contributed by atoms with Crippen LogP contribution in [0.2, 0.25) is 5.02 Å². The van der Waals surface area contributed by atoms with E-state index in [1.807, 2.05) is 56.3 Å². The van der Waals surface area contributed by atoms with Gasteiger partial charge >= 0.3 is 0 Å². The lowest BCUT2D eigenvalue weighted by molar-refractivity contribution is 0.482. The topological polar surface area (TPSA) is 70.1 Å². The molecule has 0 radical (unpaired) electrons. The van der Waals surface area contributed by atoms with E-state index >= 15 is 0 Å². The van der Waals surface area contributed by atoms with Crippen molar-refractivity contribution in [1.82, 2.24) is 24.7 Å². The Bertz CT molecular complexity index is 1130. The zero-order chi connectivity index (χ0) is 19.5. The second kappa shape index (κ2) is 7.66. The highest BCUT2D eigenvalue weighted by Crippen LogP contribution is 2.23. The molecule has 0 aliphatic carbocycles. The summed E-state index contributed by atoms with van der Waals surface area (Å²) in [5, 5.41) is 17.6. The molecule has 0 N–H and O–H groups in total. The number of halogens is 1. The van der Waals surface area contributed by atoms with Crippen LogP contribution in [-0.2, 0) is 0 Å². The van der Waals surface area contributed by atoms with Gasteiger partial charge in [-0.2, -0.15) is 14.9 Å². The standard InChI is InChI=1S/C20H17ClN6O/c1-14-10-15(2)27(25-14)20-24-22-13-26(20)23-12-16-4-3-5-19(11-16)28-18-8-6-17(21)7-9-18/h3-13H,1-2H3/b23-12-. The summed E-state index contributed by atoms with van der Waals surface area (Å²) in [7, 11) is 0. The van der Waals surface area contributed by atoms with Gasteiger partial charge in [0, 0.05) is 10.7 Å². The molecule has 0 saturated carbocycles. The molecule has 7 nitrogen and oxygen atoms in total. The lowest BCUT2D eigenvalue weighted by Crippen LogP contribution is -2.06. The Kier molecular flexibility index (Phi) is 4.90. The fourth-order valence-corrected chi connectivity index (χ4v) is 2.83. The van der Waals surface area contributed by atoms with Gasteiger partial charge in [0.2, 0.25) is 0 Å². The van der Waals surface area contributed by atoms with E-state index in [-0.39, 0.29) is 0 Å². The highest BCUT2D eigenvalue weighted by Gasteiger charge is 2.10. The predicted molar refractivity (Wildman–Crippen MR) is 108 cm³/mol. The van der Waals surface area contributed by atoms with E-state index in [0.29, 0.717) is 22.5 Å². The fraction of sp³-hybridized carbons (Fsp3) is 0.100. The van der Waals surface area contributed by atoms with Crippen LogP contribution in [0.15, 0.2) is 66.0 Å². The summed E-state index contributed by atoms with van der Waals surface area (Å²) in [6.07, 6.45) is 3.25. The van der Waals surface area contributed by atoms with Gasteiger partial charge in [0.05, 0.1) is 11.9 Å². The summed E-state index contributed by atoms with van der Waals surface area (Å²) in [6.45, 7) is 3.89. The van der Waals surface area contributed by atoms with Crippen LogP contribution in [0.5, 0.6) is 11.5 Å². The Morgan fingerprint density at radius 2 is 1.86 bits per heavy atom. The van der Waals surface area contributed by atoms with E-state index in [1.165, 1.54) is 6.33 Å². The van der Waals surface area contributed by atoms with Crippen molar-refractivity contribution in [3.63, 3.8) is 0 Å². The monoisotopic (exact) mass is 392 g/mol. The van der Waals surface area contributed by atoms with Gasteiger partial charge in [0.1, 0.15) is 17.8 Å². The third-order valence-electron chi connectivity index (χ3n) is 3.95. The average molecular weight is 393 g/mol. The van der Waals surface area contributed by atoms with Gasteiger partial charge in [0.15, 0.2) is 0 Å². The number of aryl methyl sites for hydroxylation is 2. The maximum atomic E-state index is 5.91. The van der Waals surface area contributed by atoms with Crippen LogP contribution >= 0.6 is 11.6 Å². The van der Waals surface area contributed by atoms with Crippen molar-refractivity contribution in [3.8, 4) is 17.4 Å². The molecule has 2 heterocycles. The van der Waals surface area contributed by atoms with Gasteiger partial charge in [-0.05, 0) is 61.9 Å². The molecule has 0 aliphatic heterocycles. The van der Waals surface area contributed by atoms with E-state index in [2.05, 4.69) is 20.4 Å². The molecule has 0 unspecified atom stereocenters. The maximum Gasteiger partial charge on any atom is 0.273 e. The zero-order valence-electron chi connectivity index (χ0n) is 15.3. The molecular formula is C20H17ClN6O. The van der Waals surface area contributed by atoms with Crippen molar-refractivity contribution < 1.29 is 4.74 Å². The minimum absolute atomic E-state index is 0.524. The van der Waals surface area contributed by atoms with Gasteiger partial charge in [-0.25, -0.2) is 4.68 Å². The van der Waals surface area contributed by atoms with Crippen molar-refractivity contribution in [2.75, 3.05) is 0 Å². The van der Waals surface area contributed by atoms with Crippen molar-refractivity contribution >= 4 is 17.8 Å². The molecule has 0 atom stereocenters. The van der Waals surface area contributed by atoms with E-state index < -0.39 is 0 Å². The summed E-state index contributed by atoms with van der Waals surface area (Å²) >= 11 is 5.91. The van der Waals surface area contributed by atoms with Gasteiger partial charge in [-0.1, -0.05) is 23.7 Å². The molecule has 4 aromatic rings. The van der Waals surface area contributed by atoms with E-state index in [0.717, 1.165) is 17.0 Å². The van der Waals surface area contributed by atoms with Crippen molar-refractivity contribution in [2.24, 2.45) is 5.10 Å². The van der Waals surface area contributed by atoms with Crippen LogP contribution in [-0.4, -0.2) is 30.9 Å². The third-order valence-corrected chi connectivity index (χ3v) is 4.20. The quantitative estimate of drug-likeness (QED) is 0.472.